The summed E-state index contributed by atoms with van der Waals surface area (Å²) in [5.74, 6) is 0.164. The van der Waals surface area contributed by atoms with Crippen molar-refractivity contribution in [2.75, 3.05) is 0 Å². The molecule has 0 aliphatic heterocycles. The zero-order valence-corrected chi connectivity index (χ0v) is 9.23. The fraction of sp³-hybridized carbons (Fsp3) is 0.500. The smallest absolute Gasteiger partial charge is 0.204 e. The van der Waals surface area contributed by atoms with Gasteiger partial charge in [-0.3, -0.25) is 0 Å². The predicted octanol–water partition coefficient (Wildman–Crippen LogP) is 0.799. The maximum absolute atomic E-state index is 8.74. The Balaban J connectivity index is 3.35. The molecule has 1 heterocycles. The molecule has 0 saturated carbocycles. The highest BCUT2D eigenvalue weighted by Gasteiger charge is 2.26. The van der Waals surface area contributed by atoms with E-state index < -0.39 is 5.31 Å². The van der Waals surface area contributed by atoms with Crippen molar-refractivity contribution in [3.05, 3.63) is 17.5 Å². The summed E-state index contributed by atoms with van der Waals surface area (Å²) < 4.78 is 0. The van der Waals surface area contributed by atoms with Crippen molar-refractivity contribution in [2.24, 2.45) is 0 Å². The third-order valence-electron chi connectivity index (χ3n) is 2.54. The van der Waals surface area contributed by atoms with Crippen LogP contribution in [0.2, 0.25) is 0 Å². The van der Waals surface area contributed by atoms with Gasteiger partial charge in [0.15, 0.2) is 0 Å². The third-order valence-corrected chi connectivity index (χ3v) is 2.54. The predicted molar refractivity (Wildman–Crippen MR) is 57.3 cm³/mol. The van der Waals surface area contributed by atoms with Gasteiger partial charge in [0.1, 0.15) is 18.0 Å². The number of hydrogen-bond acceptors (Lipinski definition) is 5. The SMILES string of the molecule is [B]C(CC)(CC)c1nc(C#N)nc(C#N)n1. The number of hydrogen-bond donors (Lipinski definition) is 0. The molecule has 2 radical (unpaired) electrons. The summed E-state index contributed by atoms with van der Waals surface area (Å²) in [6.07, 6.45) is 1.26. The van der Waals surface area contributed by atoms with Crippen molar-refractivity contribution < 1.29 is 0 Å². The molecule has 0 fully saturated rings. The topological polar surface area (TPSA) is 86.2 Å². The maximum Gasteiger partial charge on any atom is 0.236 e. The minimum atomic E-state index is -0.708. The van der Waals surface area contributed by atoms with Gasteiger partial charge in [0.05, 0.1) is 7.85 Å². The highest BCUT2D eigenvalue weighted by atomic mass is 15.0. The van der Waals surface area contributed by atoms with Crippen molar-refractivity contribution in [2.45, 2.75) is 32.0 Å². The van der Waals surface area contributed by atoms with Crippen LogP contribution in [0.1, 0.15) is 44.2 Å². The molecule has 1 aromatic heterocycles. The van der Waals surface area contributed by atoms with Crippen LogP contribution in [-0.2, 0) is 5.31 Å². The zero-order valence-electron chi connectivity index (χ0n) is 9.23. The molecular formula is C10H10BN5. The summed E-state index contributed by atoms with van der Waals surface area (Å²) in [6, 6.07) is 3.59. The van der Waals surface area contributed by atoms with E-state index in [1.54, 1.807) is 12.1 Å². The van der Waals surface area contributed by atoms with Gasteiger partial charge in [-0.25, -0.2) is 9.97 Å². The molecule has 78 valence electrons. The molecule has 0 saturated heterocycles. The summed E-state index contributed by atoms with van der Waals surface area (Å²) in [7, 11) is 6.09. The van der Waals surface area contributed by atoms with Crippen molar-refractivity contribution >= 4 is 7.85 Å². The molecule has 0 aliphatic rings. The number of aromatic nitrogens is 3. The minimum Gasteiger partial charge on any atom is -0.204 e. The lowest BCUT2D eigenvalue weighted by Crippen LogP contribution is -2.28. The second kappa shape index (κ2) is 4.72. The van der Waals surface area contributed by atoms with Gasteiger partial charge in [0.2, 0.25) is 11.6 Å². The lowest BCUT2D eigenvalue weighted by atomic mass is 9.64. The van der Waals surface area contributed by atoms with E-state index in [0.29, 0.717) is 18.7 Å². The monoisotopic (exact) mass is 211 g/mol. The van der Waals surface area contributed by atoms with E-state index in [4.69, 9.17) is 18.4 Å². The van der Waals surface area contributed by atoms with Crippen LogP contribution in [0, 0.1) is 22.7 Å². The fourth-order valence-corrected chi connectivity index (χ4v) is 1.26. The normalized spacial score (nSPS) is 10.5. The number of nitrogens with zero attached hydrogens (tertiary/aromatic N) is 5. The van der Waals surface area contributed by atoms with Gasteiger partial charge < -0.3 is 0 Å². The van der Waals surface area contributed by atoms with Crippen LogP contribution in [0.4, 0.5) is 0 Å². The van der Waals surface area contributed by atoms with Crippen LogP contribution in [0.15, 0.2) is 0 Å². The Bertz CT molecular complexity index is 435. The van der Waals surface area contributed by atoms with E-state index in [0.717, 1.165) is 0 Å². The summed E-state index contributed by atoms with van der Waals surface area (Å²) >= 11 is 0. The first-order valence-electron chi connectivity index (χ1n) is 4.95. The average molecular weight is 211 g/mol. The number of nitriles is 2. The third kappa shape index (κ3) is 2.17. The molecule has 0 bridgehead atoms. The summed E-state index contributed by atoms with van der Waals surface area (Å²) in [5.41, 5.74) is 0. The summed E-state index contributed by atoms with van der Waals surface area (Å²) in [4.78, 5) is 11.6. The lowest BCUT2D eigenvalue weighted by molar-refractivity contribution is 0.524. The molecule has 1 rings (SSSR count). The van der Waals surface area contributed by atoms with E-state index in [-0.39, 0.29) is 11.6 Å². The second-order valence-corrected chi connectivity index (χ2v) is 3.39. The molecular weight excluding hydrogens is 201 g/mol. The van der Waals surface area contributed by atoms with Crippen LogP contribution in [0.5, 0.6) is 0 Å². The van der Waals surface area contributed by atoms with Crippen LogP contribution in [0.3, 0.4) is 0 Å². The largest absolute Gasteiger partial charge is 0.236 e. The van der Waals surface area contributed by atoms with Crippen LogP contribution < -0.4 is 0 Å². The fourth-order valence-electron chi connectivity index (χ4n) is 1.26. The first-order valence-corrected chi connectivity index (χ1v) is 4.95. The molecule has 0 unspecified atom stereocenters. The van der Waals surface area contributed by atoms with Gasteiger partial charge in [-0.1, -0.05) is 26.7 Å². The average Bonchev–Trinajstić information content (AvgIpc) is 2.36. The Morgan fingerprint density at radius 2 is 1.50 bits per heavy atom. The molecule has 0 N–H and O–H groups in total. The molecule has 0 amide bonds. The van der Waals surface area contributed by atoms with Crippen molar-refractivity contribution in [3.63, 3.8) is 0 Å². The highest BCUT2D eigenvalue weighted by molar-refractivity contribution is 6.15. The van der Waals surface area contributed by atoms with E-state index in [1.807, 2.05) is 13.8 Å². The molecule has 6 heteroatoms. The molecule has 0 aromatic carbocycles. The maximum atomic E-state index is 8.74. The Kier molecular flexibility index (Phi) is 3.57. The van der Waals surface area contributed by atoms with Gasteiger partial charge in [-0.2, -0.15) is 15.5 Å². The zero-order chi connectivity index (χ0) is 12.2. The van der Waals surface area contributed by atoms with Crippen molar-refractivity contribution in [1.82, 2.24) is 15.0 Å². The quantitative estimate of drug-likeness (QED) is 0.690. The van der Waals surface area contributed by atoms with Crippen LogP contribution >= 0.6 is 0 Å². The Hall–Kier alpha value is -1.95. The Morgan fingerprint density at radius 1 is 1.06 bits per heavy atom. The van der Waals surface area contributed by atoms with Crippen LogP contribution in [-0.4, -0.2) is 22.8 Å². The number of rotatable bonds is 3. The first-order chi connectivity index (χ1) is 7.59. The van der Waals surface area contributed by atoms with E-state index >= 15 is 0 Å². The Morgan fingerprint density at radius 3 is 1.81 bits per heavy atom. The lowest BCUT2D eigenvalue weighted by Gasteiger charge is -2.24. The first kappa shape index (κ1) is 12.1. The van der Waals surface area contributed by atoms with Gasteiger partial charge in [0.25, 0.3) is 0 Å². The van der Waals surface area contributed by atoms with Gasteiger partial charge in [-0.05, 0) is 5.31 Å². The minimum absolute atomic E-state index is 0.0710. The highest BCUT2D eigenvalue weighted by Crippen LogP contribution is 2.24. The molecule has 5 nitrogen and oxygen atoms in total. The molecule has 0 aliphatic carbocycles. The van der Waals surface area contributed by atoms with Gasteiger partial charge in [0, 0.05) is 0 Å². The summed E-state index contributed by atoms with van der Waals surface area (Å²) in [5, 5.41) is 16.8. The van der Waals surface area contributed by atoms with Gasteiger partial charge in [-0.15, -0.1) is 0 Å². The van der Waals surface area contributed by atoms with Crippen molar-refractivity contribution in [3.8, 4) is 12.1 Å². The van der Waals surface area contributed by atoms with E-state index in [1.165, 1.54) is 0 Å². The molecule has 1 aromatic rings. The van der Waals surface area contributed by atoms with E-state index in [9.17, 15) is 0 Å². The van der Waals surface area contributed by atoms with Crippen molar-refractivity contribution in [1.29, 1.82) is 10.5 Å². The van der Waals surface area contributed by atoms with E-state index in [2.05, 4.69) is 15.0 Å². The van der Waals surface area contributed by atoms with Crippen LogP contribution in [0.25, 0.3) is 0 Å². The molecule has 16 heavy (non-hydrogen) atoms. The van der Waals surface area contributed by atoms with Gasteiger partial charge >= 0.3 is 0 Å². The molecule has 0 spiro atoms. The second-order valence-electron chi connectivity index (χ2n) is 3.39. The Labute approximate surface area is 95.6 Å². The molecule has 0 atom stereocenters. The summed E-state index contributed by atoms with van der Waals surface area (Å²) in [6.45, 7) is 3.82. The standard InChI is InChI=1S/C10H10BN5/c1-3-10(11,4-2)9-15-7(5-12)14-8(6-13)16-9/h3-4H2,1-2H3.